The van der Waals surface area contributed by atoms with Gasteiger partial charge in [-0.25, -0.2) is 4.79 Å². The lowest BCUT2D eigenvalue weighted by atomic mass is 10.1. The van der Waals surface area contributed by atoms with E-state index >= 15 is 0 Å². The van der Waals surface area contributed by atoms with Gasteiger partial charge in [-0.05, 0) is 42.0 Å². The Kier molecular flexibility index (Phi) is 8.11. The van der Waals surface area contributed by atoms with Crippen LogP contribution in [0.1, 0.15) is 22.4 Å². The lowest BCUT2D eigenvalue weighted by molar-refractivity contribution is -0.138. The fraction of sp³-hybridized carbons (Fsp3) is 0.292. The molecule has 5 nitrogen and oxygen atoms in total. The van der Waals surface area contributed by atoms with Gasteiger partial charge in [0.15, 0.2) is 0 Å². The number of halogens is 6. The molecule has 0 aliphatic heterocycles. The van der Waals surface area contributed by atoms with Crippen molar-refractivity contribution in [1.82, 2.24) is 9.47 Å². The van der Waals surface area contributed by atoms with E-state index in [2.05, 4.69) is 5.32 Å². The predicted octanol–water partition coefficient (Wildman–Crippen LogP) is 6.25. The third kappa shape index (κ3) is 7.01. The van der Waals surface area contributed by atoms with Crippen molar-refractivity contribution < 1.29 is 35.9 Å². The molecule has 0 spiro atoms. The Balaban J connectivity index is 1.80. The van der Waals surface area contributed by atoms with Gasteiger partial charge in [0.25, 0.3) is 0 Å². The average Bonchev–Trinajstić information content (AvgIpc) is 3.22. The molecule has 0 aliphatic rings. The van der Waals surface area contributed by atoms with Crippen LogP contribution in [0, 0.1) is 0 Å². The van der Waals surface area contributed by atoms with E-state index in [-0.39, 0.29) is 31.9 Å². The smallest absolute Gasteiger partial charge is 0.383 e. The predicted molar refractivity (Wildman–Crippen MR) is 118 cm³/mol. The highest BCUT2D eigenvalue weighted by Gasteiger charge is 2.34. The Hall–Kier alpha value is -3.47. The third-order valence-electron chi connectivity index (χ3n) is 5.21. The van der Waals surface area contributed by atoms with E-state index in [1.54, 1.807) is 29.0 Å². The second kappa shape index (κ2) is 10.9. The summed E-state index contributed by atoms with van der Waals surface area (Å²) in [6.45, 7) is 0.312. The maximum absolute atomic E-state index is 13.3. The zero-order valence-corrected chi connectivity index (χ0v) is 18.7. The number of hydrogen-bond donors (Lipinski definition) is 1. The van der Waals surface area contributed by atoms with Crippen LogP contribution in [0.4, 0.5) is 36.8 Å². The summed E-state index contributed by atoms with van der Waals surface area (Å²) in [6, 6.07) is 12.1. The van der Waals surface area contributed by atoms with Gasteiger partial charge in [-0.1, -0.05) is 24.3 Å². The van der Waals surface area contributed by atoms with E-state index in [4.69, 9.17) is 4.74 Å². The van der Waals surface area contributed by atoms with Crippen LogP contribution >= 0.6 is 0 Å². The first kappa shape index (κ1) is 26.1. The number of carbonyl (C=O) groups is 1. The van der Waals surface area contributed by atoms with Crippen LogP contribution in [0.15, 0.2) is 66.9 Å². The molecule has 1 heterocycles. The Morgan fingerprint density at radius 3 is 2.40 bits per heavy atom. The summed E-state index contributed by atoms with van der Waals surface area (Å²) in [7, 11) is 1.42. The first-order valence-corrected chi connectivity index (χ1v) is 10.5. The number of amides is 2. The van der Waals surface area contributed by atoms with Crippen LogP contribution < -0.4 is 5.32 Å². The molecule has 1 N–H and O–H groups in total. The van der Waals surface area contributed by atoms with Gasteiger partial charge in [0.05, 0.1) is 30.0 Å². The van der Waals surface area contributed by atoms with Crippen LogP contribution in [0.5, 0.6) is 0 Å². The van der Waals surface area contributed by atoms with Crippen LogP contribution in [0.25, 0.3) is 0 Å². The van der Waals surface area contributed by atoms with Gasteiger partial charge in [-0.3, -0.25) is 0 Å². The molecule has 3 rings (SSSR count). The highest BCUT2D eigenvalue weighted by Crippen LogP contribution is 2.34. The second-order valence-electron chi connectivity index (χ2n) is 7.71. The van der Waals surface area contributed by atoms with E-state index < -0.39 is 29.5 Å². The zero-order valence-electron chi connectivity index (χ0n) is 18.7. The molecule has 3 aromatic rings. The summed E-state index contributed by atoms with van der Waals surface area (Å²) in [5.41, 5.74) is -1.14. The molecule has 35 heavy (non-hydrogen) atoms. The number of ether oxygens (including phenoxy) is 1. The second-order valence-corrected chi connectivity index (χ2v) is 7.71. The van der Waals surface area contributed by atoms with Crippen molar-refractivity contribution in [3.8, 4) is 0 Å². The van der Waals surface area contributed by atoms with Gasteiger partial charge in [-0.2, -0.15) is 26.3 Å². The van der Waals surface area contributed by atoms with Crippen LogP contribution in [0.2, 0.25) is 0 Å². The number of alkyl halides is 6. The third-order valence-corrected chi connectivity index (χ3v) is 5.21. The quantitative estimate of drug-likeness (QED) is 0.372. The molecule has 1 aromatic heterocycles. The molecule has 0 bridgehead atoms. The van der Waals surface area contributed by atoms with Crippen molar-refractivity contribution in [2.24, 2.45) is 0 Å². The normalized spacial score (nSPS) is 12.0. The van der Waals surface area contributed by atoms with E-state index in [0.717, 1.165) is 24.3 Å². The number of carbonyl (C=O) groups excluding carboxylic acids is 1. The Labute approximate surface area is 197 Å². The molecule has 0 radical (unpaired) electrons. The Bertz CT molecular complexity index is 1140. The topological polar surface area (TPSA) is 46.5 Å². The number of aromatic nitrogens is 1. The Morgan fingerprint density at radius 1 is 0.971 bits per heavy atom. The fourth-order valence-electron chi connectivity index (χ4n) is 3.47. The number of nitrogens with one attached hydrogen (secondary N) is 1. The first-order chi connectivity index (χ1) is 16.5. The number of anilines is 1. The Morgan fingerprint density at radius 2 is 1.71 bits per heavy atom. The van der Waals surface area contributed by atoms with Crippen molar-refractivity contribution in [2.75, 3.05) is 25.6 Å². The van der Waals surface area contributed by atoms with E-state index in [1.807, 2.05) is 0 Å². The minimum absolute atomic E-state index is 0.00462. The van der Waals surface area contributed by atoms with Crippen molar-refractivity contribution in [1.29, 1.82) is 0 Å². The monoisotopic (exact) mass is 499 g/mol. The highest BCUT2D eigenvalue weighted by molar-refractivity contribution is 5.90. The van der Waals surface area contributed by atoms with Crippen LogP contribution in [-0.2, 0) is 30.2 Å². The number of benzene rings is 2. The molecular formula is C24H23F6N3O2. The molecule has 0 unspecified atom stereocenters. The molecule has 0 aliphatic carbocycles. The maximum Gasteiger partial charge on any atom is 0.418 e. The lowest BCUT2D eigenvalue weighted by Crippen LogP contribution is -2.37. The summed E-state index contributed by atoms with van der Waals surface area (Å²) >= 11 is 0. The summed E-state index contributed by atoms with van der Waals surface area (Å²) < 4.78 is 85.8. The van der Waals surface area contributed by atoms with Crippen molar-refractivity contribution in [3.63, 3.8) is 0 Å². The van der Waals surface area contributed by atoms with Gasteiger partial charge >= 0.3 is 18.4 Å². The molecule has 0 fully saturated rings. The molecule has 0 atom stereocenters. The number of hydrogen-bond acceptors (Lipinski definition) is 2. The molecule has 0 saturated carbocycles. The van der Waals surface area contributed by atoms with Crippen molar-refractivity contribution in [3.05, 3.63) is 89.2 Å². The van der Waals surface area contributed by atoms with Gasteiger partial charge in [0.1, 0.15) is 0 Å². The fourth-order valence-corrected chi connectivity index (χ4v) is 3.47. The van der Waals surface area contributed by atoms with Crippen molar-refractivity contribution >= 4 is 11.7 Å². The summed E-state index contributed by atoms with van der Waals surface area (Å²) in [5, 5.41) is 2.31. The summed E-state index contributed by atoms with van der Waals surface area (Å²) in [6.07, 6.45) is -7.47. The van der Waals surface area contributed by atoms with E-state index in [9.17, 15) is 31.1 Å². The molecular weight excluding hydrogens is 476 g/mol. The number of nitrogens with zero attached hydrogens (tertiary/aromatic N) is 2. The van der Waals surface area contributed by atoms with E-state index in [1.165, 1.54) is 30.2 Å². The van der Waals surface area contributed by atoms with Gasteiger partial charge in [0.2, 0.25) is 0 Å². The lowest BCUT2D eigenvalue weighted by Gasteiger charge is -2.24. The summed E-state index contributed by atoms with van der Waals surface area (Å²) in [5.74, 6) is 0. The zero-order chi connectivity index (χ0) is 25.6. The molecule has 2 amide bonds. The number of methoxy groups -OCH3 is 1. The largest absolute Gasteiger partial charge is 0.418 e. The SMILES string of the molecule is COCCN(Cc1cccn1Cc1cccc(C(F)(F)F)c1)C(=O)Nc1ccccc1C(F)(F)F. The minimum Gasteiger partial charge on any atom is -0.383 e. The number of para-hydroxylation sites is 1. The van der Waals surface area contributed by atoms with Gasteiger partial charge in [0, 0.05) is 32.1 Å². The average molecular weight is 499 g/mol. The number of rotatable bonds is 8. The summed E-state index contributed by atoms with van der Waals surface area (Å²) in [4.78, 5) is 14.2. The molecule has 2 aromatic carbocycles. The first-order valence-electron chi connectivity index (χ1n) is 10.5. The van der Waals surface area contributed by atoms with Crippen LogP contribution in [0.3, 0.4) is 0 Å². The van der Waals surface area contributed by atoms with Gasteiger partial charge < -0.3 is 19.5 Å². The highest BCUT2D eigenvalue weighted by atomic mass is 19.4. The standard InChI is InChI=1S/C24H23F6N3O2/c1-35-13-12-33(22(34)31-21-10-3-2-9-20(21)24(28,29)30)16-19-8-5-11-32(19)15-17-6-4-7-18(14-17)23(25,26)27/h2-11,14H,12-13,15-16H2,1H3,(H,31,34). The molecule has 11 heteroatoms. The maximum atomic E-state index is 13.3. The van der Waals surface area contributed by atoms with E-state index in [0.29, 0.717) is 11.3 Å². The number of urea groups is 1. The van der Waals surface area contributed by atoms with Crippen LogP contribution in [-0.4, -0.2) is 35.8 Å². The minimum atomic E-state index is -4.65. The molecule has 188 valence electrons. The van der Waals surface area contributed by atoms with Crippen molar-refractivity contribution in [2.45, 2.75) is 25.4 Å². The molecule has 0 saturated heterocycles. The van der Waals surface area contributed by atoms with Gasteiger partial charge in [-0.15, -0.1) is 0 Å².